The second kappa shape index (κ2) is 12.6. The summed E-state index contributed by atoms with van der Waals surface area (Å²) < 4.78 is 17.0. The lowest BCUT2D eigenvalue weighted by atomic mass is 9.95. The van der Waals surface area contributed by atoms with Crippen molar-refractivity contribution < 1.29 is 28.9 Å². The molecule has 1 atom stereocenters. The van der Waals surface area contributed by atoms with Gasteiger partial charge in [-0.2, -0.15) is 0 Å². The molecule has 1 aliphatic rings. The smallest absolute Gasteiger partial charge is 0.295 e. The number of likely N-dealkylation sites (tertiary alicyclic amines) is 1. The Morgan fingerprint density at radius 2 is 1.76 bits per heavy atom. The molecule has 0 aliphatic carbocycles. The number of ether oxygens (including phenoxy) is 3. The molecule has 1 fully saturated rings. The second-order valence-corrected chi connectivity index (χ2v) is 9.69. The van der Waals surface area contributed by atoms with Gasteiger partial charge in [-0.05, 0) is 75.3 Å². The van der Waals surface area contributed by atoms with Crippen LogP contribution in [0.3, 0.4) is 0 Å². The van der Waals surface area contributed by atoms with Gasteiger partial charge in [-0.3, -0.25) is 9.59 Å². The lowest BCUT2D eigenvalue weighted by Gasteiger charge is -2.27. The van der Waals surface area contributed by atoms with Crippen molar-refractivity contribution in [2.24, 2.45) is 5.92 Å². The molecule has 37 heavy (non-hydrogen) atoms. The number of carbonyl (C=O) groups excluding carboxylic acids is 2. The van der Waals surface area contributed by atoms with Crippen LogP contribution in [0, 0.1) is 5.92 Å². The summed E-state index contributed by atoms with van der Waals surface area (Å²) in [6.07, 6.45) is 0.900. The van der Waals surface area contributed by atoms with Gasteiger partial charge in [0.25, 0.3) is 11.7 Å². The van der Waals surface area contributed by atoms with Crippen LogP contribution in [-0.4, -0.2) is 74.1 Å². The van der Waals surface area contributed by atoms with Crippen LogP contribution in [0.15, 0.2) is 48.0 Å². The summed E-state index contributed by atoms with van der Waals surface area (Å²) in [4.78, 5) is 29.9. The van der Waals surface area contributed by atoms with E-state index in [2.05, 4.69) is 13.8 Å². The lowest BCUT2D eigenvalue weighted by Crippen LogP contribution is -2.35. The molecular weight excluding hydrogens is 472 g/mol. The third-order valence-corrected chi connectivity index (χ3v) is 6.22. The summed E-state index contributed by atoms with van der Waals surface area (Å²) in [5, 5.41) is 11.3. The molecular formula is C29H38N2O6. The van der Waals surface area contributed by atoms with E-state index >= 15 is 0 Å². The average molecular weight is 511 g/mol. The Balaban J connectivity index is 2.07. The number of nitrogens with zero attached hydrogens (tertiary/aromatic N) is 2. The molecule has 1 aliphatic heterocycles. The van der Waals surface area contributed by atoms with Crippen LogP contribution in [0.5, 0.6) is 17.2 Å². The maximum absolute atomic E-state index is 13.3. The third-order valence-electron chi connectivity index (χ3n) is 6.22. The highest BCUT2D eigenvalue weighted by Crippen LogP contribution is 2.42. The van der Waals surface area contributed by atoms with Crippen molar-refractivity contribution in [3.8, 4) is 17.2 Å². The van der Waals surface area contributed by atoms with E-state index in [9.17, 15) is 14.7 Å². The Hall–Kier alpha value is -3.52. The van der Waals surface area contributed by atoms with Gasteiger partial charge in [0.15, 0.2) is 11.5 Å². The molecule has 2 aromatic rings. The van der Waals surface area contributed by atoms with Gasteiger partial charge in [-0.1, -0.05) is 19.9 Å². The molecule has 1 heterocycles. The first-order valence-corrected chi connectivity index (χ1v) is 12.6. The number of ketones is 1. The molecule has 0 saturated carbocycles. The Labute approximate surface area is 219 Å². The summed E-state index contributed by atoms with van der Waals surface area (Å²) in [5.74, 6) is 0.658. The number of aliphatic hydroxyl groups is 1. The van der Waals surface area contributed by atoms with E-state index in [1.165, 1.54) is 4.90 Å². The number of methoxy groups -OCH3 is 1. The summed E-state index contributed by atoms with van der Waals surface area (Å²) >= 11 is 0. The topological polar surface area (TPSA) is 88.5 Å². The standard InChI is InChI=1S/C29H38N2O6/c1-7-36-22-11-8-20(9-12-22)27(32)25-26(31(16-15-30(4)5)29(34)28(25)33)21-10-13-23(24(18-21)35-6)37-17-14-19(2)3/h8-13,18-19,26,32H,7,14-17H2,1-6H3. The molecule has 0 bridgehead atoms. The zero-order chi connectivity index (χ0) is 27.1. The van der Waals surface area contributed by atoms with Gasteiger partial charge >= 0.3 is 0 Å². The van der Waals surface area contributed by atoms with Gasteiger partial charge in [0, 0.05) is 18.7 Å². The Morgan fingerprint density at radius 1 is 1.05 bits per heavy atom. The minimum absolute atomic E-state index is 0.0449. The first-order chi connectivity index (χ1) is 17.7. The number of rotatable bonds is 12. The number of likely N-dealkylation sites (N-methyl/N-ethyl adjacent to an activating group) is 1. The Morgan fingerprint density at radius 3 is 2.35 bits per heavy atom. The highest BCUT2D eigenvalue weighted by molar-refractivity contribution is 6.46. The minimum atomic E-state index is -0.773. The third kappa shape index (κ3) is 6.63. The molecule has 0 radical (unpaired) electrons. The highest BCUT2D eigenvalue weighted by Gasteiger charge is 2.46. The van der Waals surface area contributed by atoms with E-state index in [0.717, 1.165) is 6.42 Å². The predicted molar refractivity (Wildman–Crippen MR) is 143 cm³/mol. The number of Topliss-reactive ketones (excluding diaryl/α,β-unsaturated/α-hetero) is 1. The minimum Gasteiger partial charge on any atom is -0.507 e. The van der Waals surface area contributed by atoms with E-state index in [4.69, 9.17) is 14.2 Å². The number of amides is 1. The normalized spacial score (nSPS) is 17.1. The van der Waals surface area contributed by atoms with E-state index in [0.29, 0.717) is 60.6 Å². The van der Waals surface area contributed by atoms with Crippen molar-refractivity contribution in [2.75, 3.05) is 47.5 Å². The van der Waals surface area contributed by atoms with Gasteiger partial charge in [0.1, 0.15) is 11.5 Å². The van der Waals surface area contributed by atoms with Crippen molar-refractivity contribution in [1.82, 2.24) is 9.80 Å². The van der Waals surface area contributed by atoms with Crippen molar-refractivity contribution in [3.63, 3.8) is 0 Å². The van der Waals surface area contributed by atoms with E-state index in [-0.39, 0.29) is 11.3 Å². The Bertz CT molecular complexity index is 1120. The van der Waals surface area contributed by atoms with E-state index in [1.54, 1.807) is 43.5 Å². The van der Waals surface area contributed by atoms with Crippen molar-refractivity contribution >= 4 is 17.4 Å². The van der Waals surface area contributed by atoms with Gasteiger partial charge in [0.05, 0.1) is 31.9 Å². The zero-order valence-corrected chi connectivity index (χ0v) is 22.6. The average Bonchev–Trinajstić information content (AvgIpc) is 3.12. The van der Waals surface area contributed by atoms with Crippen molar-refractivity contribution in [2.45, 2.75) is 33.2 Å². The number of benzene rings is 2. The van der Waals surface area contributed by atoms with Gasteiger partial charge < -0.3 is 29.1 Å². The molecule has 1 N–H and O–H groups in total. The molecule has 3 rings (SSSR count). The number of aliphatic hydroxyl groups excluding tert-OH is 1. The van der Waals surface area contributed by atoms with Crippen molar-refractivity contribution in [1.29, 1.82) is 0 Å². The molecule has 8 heteroatoms. The van der Waals surface area contributed by atoms with Crippen LogP contribution < -0.4 is 14.2 Å². The second-order valence-electron chi connectivity index (χ2n) is 9.69. The lowest BCUT2D eigenvalue weighted by molar-refractivity contribution is -0.140. The van der Waals surface area contributed by atoms with Crippen LogP contribution in [0.1, 0.15) is 44.4 Å². The van der Waals surface area contributed by atoms with Crippen LogP contribution in [0.2, 0.25) is 0 Å². The SMILES string of the molecule is CCOc1ccc(C(O)=C2C(=O)C(=O)N(CCN(C)C)C2c2ccc(OCCC(C)C)c(OC)c2)cc1. The van der Waals surface area contributed by atoms with Crippen LogP contribution in [0.4, 0.5) is 0 Å². The number of hydrogen-bond donors (Lipinski definition) is 1. The summed E-state index contributed by atoms with van der Waals surface area (Å²) in [6.45, 7) is 8.08. The summed E-state index contributed by atoms with van der Waals surface area (Å²) in [7, 11) is 5.35. The van der Waals surface area contributed by atoms with Gasteiger partial charge in [0.2, 0.25) is 0 Å². The molecule has 8 nitrogen and oxygen atoms in total. The first kappa shape index (κ1) is 28.1. The maximum Gasteiger partial charge on any atom is 0.295 e. The largest absolute Gasteiger partial charge is 0.507 e. The zero-order valence-electron chi connectivity index (χ0n) is 22.6. The van der Waals surface area contributed by atoms with Crippen molar-refractivity contribution in [3.05, 3.63) is 59.2 Å². The molecule has 1 amide bonds. The van der Waals surface area contributed by atoms with Crippen LogP contribution in [0.25, 0.3) is 5.76 Å². The fraction of sp³-hybridized carbons (Fsp3) is 0.448. The fourth-order valence-corrected chi connectivity index (χ4v) is 4.17. The van der Waals surface area contributed by atoms with Gasteiger partial charge in [-0.15, -0.1) is 0 Å². The highest BCUT2D eigenvalue weighted by atomic mass is 16.5. The summed E-state index contributed by atoms with van der Waals surface area (Å²) in [6, 6.07) is 11.4. The predicted octanol–water partition coefficient (Wildman–Crippen LogP) is 4.50. The monoisotopic (exact) mass is 510 g/mol. The maximum atomic E-state index is 13.3. The molecule has 1 saturated heterocycles. The van der Waals surface area contributed by atoms with E-state index < -0.39 is 17.7 Å². The first-order valence-electron chi connectivity index (χ1n) is 12.6. The number of hydrogen-bond acceptors (Lipinski definition) is 7. The molecule has 2 aromatic carbocycles. The van der Waals surface area contributed by atoms with Crippen LogP contribution >= 0.6 is 0 Å². The molecule has 0 aromatic heterocycles. The van der Waals surface area contributed by atoms with E-state index in [1.807, 2.05) is 32.0 Å². The molecule has 1 unspecified atom stereocenters. The van der Waals surface area contributed by atoms with Gasteiger partial charge in [-0.25, -0.2) is 0 Å². The molecule has 0 spiro atoms. The Kier molecular flexibility index (Phi) is 9.58. The number of carbonyl (C=O) groups is 2. The van der Waals surface area contributed by atoms with Crippen LogP contribution in [-0.2, 0) is 9.59 Å². The fourth-order valence-electron chi connectivity index (χ4n) is 4.17. The summed E-state index contributed by atoms with van der Waals surface area (Å²) in [5.41, 5.74) is 1.13. The molecule has 200 valence electrons. The quantitative estimate of drug-likeness (QED) is 0.255.